The van der Waals surface area contributed by atoms with Crippen LogP contribution in [0.1, 0.15) is 25.3 Å². The highest BCUT2D eigenvalue weighted by atomic mass is 16.2. The molecule has 0 bridgehead atoms. The second kappa shape index (κ2) is 8.07. The molecule has 3 aromatic rings. The predicted octanol–water partition coefficient (Wildman–Crippen LogP) is 3.58. The van der Waals surface area contributed by atoms with Gasteiger partial charge in [-0.3, -0.25) is 9.59 Å². The van der Waals surface area contributed by atoms with E-state index in [4.69, 9.17) is 0 Å². The zero-order valence-electron chi connectivity index (χ0n) is 16.9. The molecule has 1 aliphatic heterocycles. The number of aromatic nitrogens is 2. The van der Waals surface area contributed by atoms with Crippen LogP contribution in [-0.2, 0) is 11.3 Å². The smallest absolute Gasteiger partial charge is 0.275 e. The topological polar surface area (TPSA) is 67.2 Å². The minimum absolute atomic E-state index is 0.117. The maximum atomic E-state index is 13.0. The van der Waals surface area contributed by atoms with Crippen molar-refractivity contribution in [3.05, 3.63) is 64.4 Å². The highest BCUT2D eigenvalue weighted by molar-refractivity contribution is 5.93. The number of para-hydroxylation sites is 1. The first-order valence-electron chi connectivity index (χ1n) is 10.1. The van der Waals surface area contributed by atoms with Crippen molar-refractivity contribution >= 4 is 28.2 Å². The fraction of sp³-hybridized carbons (Fsp3) is 0.348. The third-order valence-electron chi connectivity index (χ3n) is 5.52. The zero-order chi connectivity index (χ0) is 20.4. The number of hydrogen-bond acceptors (Lipinski definition) is 4. The van der Waals surface area contributed by atoms with E-state index in [1.54, 1.807) is 0 Å². The summed E-state index contributed by atoms with van der Waals surface area (Å²) in [6, 6.07) is 15.1. The van der Waals surface area contributed by atoms with Crippen LogP contribution in [0.2, 0.25) is 0 Å². The Morgan fingerprint density at radius 1 is 1.14 bits per heavy atom. The van der Waals surface area contributed by atoms with Gasteiger partial charge >= 0.3 is 0 Å². The monoisotopic (exact) mass is 390 g/mol. The molecule has 4 rings (SSSR count). The van der Waals surface area contributed by atoms with Crippen molar-refractivity contribution in [3.8, 4) is 0 Å². The number of carbonyl (C=O) groups excluding carboxylic acids is 1. The second-order valence-electron chi connectivity index (χ2n) is 7.89. The standard InChI is InChI=1S/C23H26N4O2/c1-16-8-7-13-26(14-16)22-18-10-4-5-11-19(18)23(29)27(25-22)15-21(28)24-20-12-6-3-9-17(20)2/h3-6,9-12,16H,7-8,13-15H2,1-2H3,(H,24,28)/t16-/m1/s1. The highest BCUT2D eigenvalue weighted by Gasteiger charge is 2.22. The molecular formula is C23H26N4O2. The van der Waals surface area contributed by atoms with Crippen LogP contribution in [0.5, 0.6) is 0 Å². The number of anilines is 2. The molecule has 1 atom stereocenters. The summed E-state index contributed by atoms with van der Waals surface area (Å²) in [6.45, 7) is 5.87. The van der Waals surface area contributed by atoms with Gasteiger partial charge in [0.25, 0.3) is 5.56 Å². The van der Waals surface area contributed by atoms with E-state index < -0.39 is 0 Å². The summed E-state index contributed by atoms with van der Waals surface area (Å²) in [5.74, 6) is 1.10. The molecule has 1 amide bonds. The lowest BCUT2D eigenvalue weighted by Crippen LogP contribution is -2.38. The van der Waals surface area contributed by atoms with Gasteiger partial charge in [0.1, 0.15) is 6.54 Å². The molecule has 0 unspecified atom stereocenters. The van der Waals surface area contributed by atoms with Crippen LogP contribution in [0.3, 0.4) is 0 Å². The van der Waals surface area contributed by atoms with Crippen molar-refractivity contribution < 1.29 is 4.79 Å². The van der Waals surface area contributed by atoms with E-state index in [1.165, 1.54) is 11.1 Å². The fourth-order valence-corrected chi connectivity index (χ4v) is 3.98. The van der Waals surface area contributed by atoms with Crippen LogP contribution < -0.4 is 15.8 Å². The normalized spacial score (nSPS) is 16.8. The largest absolute Gasteiger partial charge is 0.354 e. The number of nitrogens with zero attached hydrogens (tertiary/aromatic N) is 3. The molecule has 6 nitrogen and oxygen atoms in total. The van der Waals surface area contributed by atoms with E-state index >= 15 is 0 Å². The van der Waals surface area contributed by atoms with E-state index in [1.807, 2.05) is 55.5 Å². The molecular weight excluding hydrogens is 364 g/mol. The van der Waals surface area contributed by atoms with E-state index in [0.717, 1.165) is 42.0 Å². The Kier molecular flexibility index (Phi) is 5.34. The molecule has 0 spiro atoms. The van der Waals surface area contributed by atoms with Gasteiger partial charge < -0.3 is 10.2 Å². The molecule has 2 heterocycles. The first-order chi connectivity index (χ1) is 14.0. The van der Waals surface area contributed by atoms with Crippen molar-refractivity contribution in [3.63, 3.8) is 0 Å². The third kappa shape index (κ3) is 4.01. The van der Waals surface area contributed by atoms with E-state index in [0.29, 0.717) is 11.3 Å². The summed E-state index contributed by atoms with van der Waals surface area (Å²) in [5, 5.41) is 8.97. The maximum absolute atomic E-state index is 13.0. The van der Waals surface area contributed by atoms with E-state index in [9.17, 15) is 9.59 Å². The lowest BCUT2D eigenvalue weighted by molar-refractivity contribution is -0.117. The minimum Gasteiger partial charge on any atom is -0.354 e. The fourth-order valence-electron chi connectivity index (χ4n) is 3.98. The minimum atomic E-state index is -0.262. The molecule has 1 N–H and O–H groups in total. The Balaban J connectivity index is 1.69. The molecule has 6 heteroatoms. The van der Waals surface area contributed by atoms with Crippen molar-refractivity contribution in [2.45, 2.75) is 33.2 Å². The molecule has 150 valence electrons. The van der Waals surface area contributed by atoms with Gasteiger partial charge in [0, 0.05) is 24.2 Å². The van der Waals surface area contributed by atoms with Gasteiger partial charge in [-0.05, 0) is 43.4 Å². The first kappa shape index (κ1) is 19.2. The van der Waals surface area contributed by atoms with Gasteiger partial charge in [-0.2, -0.15) is 5.10 Å². The molecule has 0 radical (unpaired) electrons. The van der Waals surface area contributed by atoms with Crippen molar-refractivity contribution in [1.29, 1.82) is 0 Å². The van der Waals surface area contributed by atoms with Crippen molar-refractivity contribution in [1.82, 2.24) is 9.78 Å². The zero-order valence-corrected chi connectivity index (χ0v) is 16.9. The number of aryl methyl sites for hydroxylation is 1. The highest BCUT2D eigenvalue weighted by Crippen LogP contribution is 2.26. The molecule has 29 heavy (non-hydrogen) atoms. The number of fused-ring (bicyclic) bond motifs is 1. The molecule has 2 aromatic carbocycles. The average Bonchev–Trinajstić information content (AvgIpc) is 2.72. The van der Waals surface area contributed by atoms with E-state index in [-0.39, 0.29) is 18.0 Å². The number of piperidine rings is 1. The number of benzene rings is 2. The third-order valence-corrected chi connectivity index (χ3v) is 5.52. The summed E-state index contributed by atoms with van der Waals surface area (Å²) >= 11 is 0. The van der Waals surface area contributed by atoms with Crippen LogP contribution in [0.25, 0.3) is 10.8 Å². The van der Waals surface area contributed by atoms with Crippen molar-refractivity contribution in [2.75, 3.05) is 23.3 Å². The summed E-state index contributed by atoms with van der Waals surface area (Å²) in [6.07, 6.45) is 2.30. The Morgan fingerprint density at radius 2 is 1.86 bits per heavy atom. The van der Waals surface area contributed by atoms with Gasteiger partial charge in [-0.25, -0.2) is 4.68 Å². The second-order valence-corrected chi connectivity index (χ2v) is 7.89. The lowest BCUT2D eigenvalue weighted by atomic mass is 10.00. The first-order valence-corrected chi connectivity index (χ1v) is 10.1. The van der Waals surface area contributed by atoms with Gasteiger partial charge in [-0.15, -0.1) is 0 Å². The molecule has 1 aliphatic rings. The maximum Gasteiger partial charge on any atom is 0.275 e. The Morgan fingerprint density at radius 3 is 2.62 bits per heavy atom. The van der Waals surface area contributed by atoms with Crippen LogP contribution in [0.4, 0.5) is 11.5 Å². The van der Waals surface area contributed by atoms with Crippen LogP contribution >= 0.6 is 0 Å². The molecule has 1 fully saturated rings. The number of nitrogens with one attached hydrogen (secondary N) is 1. The summed E-state index contributed by atoms with van der Waals surface area (Å²) in [4.78, 5) is 27.9. The molecule has 0 saturated carbocycles. The lowest BCUT2D eigenvalue weighted by Gasteiger charge is -2.32. The summed E-state index contributed by atoms with van der Waals surface area (Å²) < 4.78 is 1.30. The summed E-state index contributed by atoms with van der Waals surface area (Å²) in [7, 11) is 0. The predicted molar refractivity (Wildman–Crippen MR) is 116 cm³/mol. The van der Waals surface area contributed by atoms with Gasteiger partial charge in [0.15, 0.2) is 5.82 Å². The van der Waals surface area contributed by atoms with Crippen LogP contribution in [0, 0.1) is 12.8 Å². The number of carbonyl (C=O) groups is 1. The molecule has 1 saturated heterocycles. The Labute approximate surface area is 170 Å². The molecule has 1 aromatic heterocycles. The van der Waals surface area contributed by atoms with Gasteiger partial charge in [-0.1, -0.05) is 43.3 Å². The number of rotatable bonds is 4. The van der Waals surface area contributed by atoms with Crippen molar-refractivity contribution in [2.24, 2.45) is 5.92 Å². The summed E-state index contributed by atoms with van der Waals surface area (Å²) in [5.41, 5.74) is 1.48. The van der Waals surface area contributed by atoms with Crippen LogP contribution in [0.15, 0.2) is 53.3 Å². The van der Waals surface area contributed by atoms with Crippen LogP contribution in [-0.4, -0.2) is 28.8 Å². The molecule has 0 aliphatic carbocycles. The number of hydrogen-bond donors (Lipinski definition) is 1. The number of amides is 1. The van der Waals surface area contributed by atoms with Gasteiger partial charge in [0.05, 0.1) is 5.39 Å². The van der Waals surface area contributed by atoms with Gasteiger partial charge in [0.2, 0.25) is 5.91 Å². The SMILES string of the molecule is Cc1ccccc1NC(=O)Cn1nc(N2CCC[C@@H](C)C2)c2ccccc2c1=O. The Hall–Kier alpha value is -3.15. The average molecular weight is 390 g/mol. The van der Waals surface area contributed by atoms with E-state index in [2.05, 4.69) is 22.2 Å². The quantitative estimate of drug-likeness (QED) is 0.739. The Bertz CT molecular complexity index is 1110.